The van der Waals surface area contributed by atoms with Crippen molar-refractivity contribution in [1.29, 1.82) is 0 Å². The molecule has 3 rings (SSSR count). The molecule has 0 spiro atoms. The van der Waals surface area contributed by atoms with Gasteiger partial charge < -0.3 is 15.2 Å². The van der Waals surface area contributed by atoms with E-state index in [2.05, 4.69) is 28.6 Å². The van der Waals surface area contributed by atoms with E-state index >= 15 is 0 Å². The topological polar surface area (TPSA) is 46.1 Å². The van der Waals surface area contributed by atoms with Crippen molar-refractivity contribution >= 4 is 15.9 Å². The average Bonchev–Trinajstić information content (AvgIpc) is 2.92. The molecule has 1 atom stereocenters. The van der Waals surface area contributed by atoms with E-state index in [1.807, 2.05) is 0 Å². The maximum Gasteiger partial charge on any atom is 0.137 e. The van der Waals surface area contributed by atoms with E-state index in [0.29, 0.717) is 6.04 Å². The summed E-state index contributed by atoms with van der Waals surface area (Å²) in [5, 5.41) is 0. The highest BCUT2D eigenvalue weighted by molar-refractivity contribution is 9.10. The molecule has 1 aromatic rings. The third-order valence-electron chi connectivity index (χ3n) is 3.40. The van der Waals surface area contributed by atoms with Crippen LogP contribution in [0, 0.1) is 0 Å². The predicted octanol–water partition coefficient (Wildman–Crippen LogP) is 1.49. The first-order valence-corrected chi connectivity index (χ1v) is 6.92. The maximum atomic E-state index is 5.82. The second-order valence-electron chi connectivity index (χ2n) is 4.91. The van der Waals surface area contributed by atoms with Crippen LogP contribution in [0.3, 0.4) is 0 Å². The number of rotatable bonds is 2. The number of hydrogen-bond acceptors (Lipinski definition) is 2. The van der Waals surface area contributed by atoms with Gasteiger partial charge in [0, 0.05) is 36.0 Å². The van der Waals surface area contributed by atoms with Gasteiger partial charge in [-0.15, -0.1) is 0 Å². The van der Waals surface area contributed by atoms with Crippen molar-refractivity contribution in [2.45, 2.75) is 32.2 Å². The molecular weight excluding hydrogens is 282 g/mol. The maximum absolute atomic E-state index is 5.82. The van der Waals surface area contributed by atoms with E-state index in [4.69, 9.17) is 9.47 Å². The summed E-state index contributed by atoms with van der Waals surface area (Å²) >= 11 is 3.66. The zero-order chi connectivity index (χ0) is 12.0. The van der Waals surface area contributed by atoms with E-state index in [0.717, 1.165) is 48.4 Å². The molecule has 4 heteroatoms. The second kappa shape index (κ2) is 4.18. The Balaban J connectivity index is 2.19. The minimum atomic E-state index is 0.397. The van der Waals surface area contributed by atoms with Crippen LogP contribution in [0.15, 0.2) is 4.47 Å². The number of halogens is 1. The predicted molar refractivity (Wildman–Crippen MR) is 68.6 cm³/mol. The molecule has 0 saturated carbocycles. The first-order chi connectivity index (χ1) is 8.18. The van der Waals surface area contributed by atoms with Crippen LogP contribution in [0.25, 0.3) is 0 Å². The Morgan fingerprint density at radius 3 is 2.53 bits per heavy atom. The third-order valence-corrected chi connectivity index (χ3v) is 4.24. The summed E-state index contributed by atoms with van der Waals surface area (Å²) in [4.78, 5) is 0. The number of ether oxygens (including phenoxy) is 2. The lowest BCUT2D eigenvalue weighted by molar-refractivity contribution is -0.413. The van der Waals surface area contributed by atoms with Crippen molar-refractivity contribution in [1.82, 2.24) is 0 Å². The molecule has 0 amide bonds. The Morgan fingerprint density at radius 1 is 1.18 bits per heavy atom. The Morgan fingerprint density at radius 2 is 1.82 bits per heavy atom. The van der Waals surface area contributed by atoms with Gasteiger partial charge in [-0.1, -0.05) is 0 Å². The molecule has 2 aliphatic rings. The molecule has 0 radical (unpaired) electrons. The smallest absolute Gasteiger partial charge is 0.137 e. The molecular formula is C13H17BrNO2+. The van der Waals surface area contributed by atoms with Crippen LogP contribution in [0.4, 0.5) is 0 Å². The summed E-state index contributed by atoms with van der Waals surface area (Å²) in [6.45, 7) is 3.72. The van der Waals surface area contributed by atoms with Gasteiger partial charge in [-0.05, 0) is 22.9 Å². The van der Waals surface area contributed by atoms with Gasteiger partial charge in [0.05, 0.1) is 23.7 Å². The fourth-order valence-electron chi connectivity index (χ4n) is 2.71. The Labute approximate surface area is 109 Å². The van der Waals surface area contributed by atoms with E-state index in [1.165, 1.54) is 16.7 Å². The number of quaternary nitrogens is 1. The number of benzene rings is 1. The van der Waals surface area contributed by atoms with Gasteiger partial charge in [-0.25, -0.2) is 0 Å². The molecule has 0 bridgehead atoms. The molecule has 0 unspecified atom stereocenters. The second-order valence-corrected chi connectivity index (χ2v) is 5.71. The van der Waals surface area contributed by atoms with Crippen LogP contribution in [0.5, 0.6) is 11.5 Å². The van der Waals surface area contributed by atoms with E-state index < -0.39 is 0 Å². The SMILES string of the molecule is C[C@H]([NH3+])Cc1c2c(c(Br)c3c1OCC3)OCC2. The van der Waals surface area contributed by atoms with Crippen molar-refractivity contribution in [3.63, 3.8) is 0 Å². The van der Waals surface area contributed by atoms with Crippen molar-refractivity contribution in [2.75, 3.05) is 13.2 Å². The normalized spacial score (nSPS) is 18.3. The van der Waals surface area contributed by atoms with E-state index in [-0.39, 0.29) is 0 Å². The van der Waals surface area contributed by atoms with Gasteiger partial charge >= 0.3 is 0 Å². The number of fused-ring (bicyclic) bond motifs is 2. The van der Waals surface area contributed by atoms with E-state index in [1.54, 1.807) is 0 Å². The lowest BCUT2D eigenvalue weighted by Gasteiger charge is -2.15. The van der Waals surface area contributed by atoms with Crippen LogP contribution in [-0.4, -0.2) is 19.3 Å². The Bertz CT molecular complexity index is 436. The first-order valence-electron chi connectivity index (χ1n) is 6.13. The monoisotopic (exact) mass is 298 g/mol. The molecule has 2 heterocycles. The molecule has 0 fully saturated rings. The van der Waals surface area contributed by atoms with Crippen molar-refractivity contribution in [3.8, 4) is 11.5 Å². The highest BCUT2D eigenvalue weighted by atomic mass is 79.9. The lowest BCUT2D eigenvalue weighted by Crippen LogP contribution is -2.60. The molecule has 3 N–H and O–H groups in total. The van der Waals surface area contributed by atoms with Crippen LogP contribution in [0.2, 0.25) is 0 Å². The summed E-state index contributed by atoms with van der Waals surface area (Å²) in [6, 6.07) is 0.397. The van der Waals surface area contributed by atoms with Crippen molar-refractivity contribution in [2.24, 2.45) is 0 Å². The zero-order valence-corrected chi connectivity index (χ0v) is 11.6. The summed E-state index contributed by atoms with van der Waals surface area (Å²) in [5.74, 6) is 2.14. The van der Waals surface area contributed by atoms with Gasteiger partial charge in [0.25, 0.3) is 0 Å². The third kappa shape index (κ3) is 1.74. The van der Waals surface area contributed by atoms with Gasteiger partial charge in [-0.2, -0.15) is 0 Å². The van der Waals surface area contributed by atoms with Crippen LogP contribution >= 0.6 is 15.9 Å². The first kappa shape index (κ1) is 11.4. The van der Waals surface area contributed by atoms with Crippen molar-refractivity contribution in [3.05, 3.63) is 21.2 Å². The fourth-order valence-corrected chi connectivity index (χ4v) is 3.44. The fraction of sp³-hybridized carbons (Fsp3) is 0.538. The molecule has 0 saturated heterocycles. The summed E-state index contributed by atoms with van der Waals surface area (Å²) < 4.78 is 12.7. The molecule has 2 aliphatic heterocycles. The van der Waals surface area contributed by atoms with E-state index in [9.17, 15) is 0 Å². The zero-order valence-electron chi connectivity index (χ0n) is 10.0. The van der Waals surface area contributed by atoms with Gasteiger partial charge in [0.2, 0.25) is 0 Å². The molecule has 17 heavy (non-hydrogen) atoms. The highest BCUT2D eigenvalue weighted by Gasteiger charge is 2.30. The minimum Gasteiger partial charge on any atom is -0.493 e. The van der Waals surface area contributed by atoms with Gasteiger partial charge in [0.15, 0.2) is 0 Å². The van der Waals surface area contributed by atoms with Gasteiger partial charge in [-0.3, -0.25) is 0 Å². The van der Waals surface area contributed by atoms with Crippen LogP contribution < -0.4 is 15.2 Å². The quantitative estimate of drug-likeness (QED) is 0.899. The summed E-state index contributed by atoms with van der Waals surface area (Å²) in [7, 11) is 0. The van der Waals surface area contributed by atoms with Gasteiger partial charge in [0.1, 0.15) is 11.5 Å². The molecule has 92 valence electrons. The largest absolute Gasteiger partial charge is 0.493 e. The standard InChI is InChI=1S/C13H16BrNO2/c1-7(15)6-10-8-2-4-17-13(8)11(14)9-3-5-16-12(9)10/h7H,2-6,15H2,1H3/p+1/t7-/m0/s1. The average molecular weight is 299 g/mol. The summed E-state index contributed by atoms with van der Waals surface area (Å²) in [5.41, 5.74) is 8.03. The molecule has 0 aliphatic carbocycles. The van der Waals surface area contributed by atoms with Crippen molar-refractivity contribution < 1.29 is 15.2 Å². The molecule has 3 nitrogen and oxygen atoms in total. The lowest BCUT2D eigenvalue weighted by atomic mass is 9.95. The Hall–Kier alpha value is -0.740. The number of hydrogen-bond donors (Lipinski definition) is 1. The molecule has 0 aromatic heterocycles. The molecule has 1 aromatic carbocycles. The minimum absolute atomic E-state index is 0.397. The highest BCUT2D eigenvalue weighted by Crippen LogP contribution is 2.47. The van der Waals surface area contributed by atoms with Crippen LogP contribution in [-0.2, 0) is 19.3 Å². The Kier molecular flexibility index (Phi) is 2.79. The van der Waals surface area contributed by atoms with Crippen LogP contribution in [0.1, 0.15) is 23.6 Å². The summed E-state index contributed by atoms with van der Waals surface area (Å²) in [6.07, 6.45) is 2.94.